The lowest BCUT2D eigenvalue weighted by molar-refractivity contribution is 0.517. The zero-order chi connectivity index (χ0) is 12.5. The Morgan fingerprint density at radius 2 is 2.06 bits per heavy atom. The van der Waals surface area contributed by atoms with Crippen molar-refractivity contribution in [2.45, 2.75) is 6.54 Å². The molecular weight excluding hydrogens is 252 g/mol. The van der Waals surface area contributed by atoms with Crippen LogP contribution in [0.25, 0.3) is 11.2 Å². The molecule has 0 unspecified atom stereocenters. The Bertz CT molecular complexity index is 761. The third-order valence-corrected chi connectivity index (χ3v) is 3.08. The number of pyridine rings is 1. The van der Waals surface area contributed by atoms with Crippen LogP contribution in [0.4, 0.5) is 0 Å². The fraction of sp³-hybridized carbons (Fsp3) is 0.0769. The van der Waals surface area contributed by atoms with E-state index in [1.165, 1.54) is 4.57 Å². The Morgan fingerprint density at radius 1 is 1.22 bits per heavy atom. The van der Waals surface area contributed by atoms with Crippen molar-refractivity contribution in [1.82, 2.24) is 9.55 Å². The van der Waals surface area contributed by atoms with Gasteiger partial charge in [-0.1, -0.05) is 29.8 Å². The van der Waals surface area contributed by atoms with Gasteiger partial charge in [0.1, 0.15) is 0 Å². The predicted octanol–water partition coefficient (Wildman–Crippen LogP) is 2.69. The van der Waals surface area contributed by atoms with E-state index in [4.69, 9.17) is 16.0 Å². The maximum absolute atomic E-state index is 11.8. The Morgan fingerprint density at radius 3 is 2.89 bits per heavy atom. The Kier molecular flexibility index (Phi) is 2.64. The molecule has 0 saturated heterocycles. The number of nitrogens with zero attached hydrogens (tertiary/aromatic N) is 2. The van der Waals surface area contributed by atoms with E-state index in [0.29, 0.717) is 22.8 Å². The fourth-order valence-corrected chi connectivity index (χ4v) is 2.03. The lowest BCUT2D eigenvalue weighted by Gasteiger charge is -2.03. The third kappa shape index (κ3) is 1.80. The summed E-state index contributed by atoms with van der Waals surface area (Å²) in [6.45, 7) is 0.350. The van der Waals surface area contributed by atoms with Gasteiger partial charge in [-0.3, -0.25) is 4.57 Å². The molecular formula is C13H9ClN2O2. The average Bonchev–Trinajstić information content (AvgIpc) is 2.69. The number of benzene rings is 1. The van der Waals surface area contributed by atoms with Crippen LogP contribution in [0.2, 0.25) is 5.02 Å². The topological polar surface area (TPSA) is 48.0 Å². The van der Waals surface area contributed by atoms with E-state index < -0.39 is 5.76 Å². The van der Waals surface area contributed by atoms with Gasteiger partial charge >= 0.3 is 5.76 Å². The van der Waals surface area contributed by atoms with Gasteiger partial charge in [0.15, 0.2) is 11.2 Å². The van der Waals surface area contributed by atoms with Crippen LogP contribution in [-0.2, 0) is 6.54 Å². The van der Waals surface area contributed by atoms with Gasteiger partial charge in [-0.15, -0.1) is 0 Å². The second-order valence-electron chi connectivity index (χ2n) is 3.87. The fourth-order valence-electron chi connectivity index (χ4n) is 1.84. The number of rotatable bonds is 2. The first-order chi connectivity index (χ1) is 8.75. The third-order valence-electron chi connectivity index (χ3n) is 2.71. The molecule has 5 heteroatoms. The van der Waals surface area contributed by atoms with Crippen LogP contribution in [0.15, 0.2) is 51.8 Å². The highest BCUT2D eigenvalue weighted by Crippen LogP contribution is 2.17. The first-order valence-electron chi connectivity index (χ1n) is 5.43. The van der Waals surface area contributed by atoms with E-state index in [2.05, 4.69) is 4.98 Å². The number of fused-ring (bicyclic) bond motifs is 1. The molecule has 18 heavy (non-hydrogen) atoms. The van der Waals surface area contributed by atoms with E-state index in [1.54, 1.807) is 24.4 Å². The zero-order valence-corrected chi connectivity index (χ0v) is 10.1. The highest BCUT2D eigenvalue weighted by atomic mass is 35.5. The molecule has 2 heterocycles. The quantitative estimate of drug-likeness (QED) is 0.712. The normalized spacial score (nSPS) is 10.9. The number of halogens is 1. The highest BCUT2D eigenvalue weighted by Gasteiger charge is 2.11. The standard InChI is InChI=1S/C13H9ClN2O2/c14-10-5-2-1-4-9(10)8-16-12-11(18-13(16)17)6-3-7-15-12/h1-7H,8H2. The summed E-state index contributed by atoms with van der Waals surface area (Å²) in [5.74, 6) is -0.427. The summed E-state index contributed by atoms with van der Waals surface area (Å²) in [6, 6.07) is 10.8. The van der Waals surface area contributed by atoms with Crippen LogP contribution < -0.4 is 5.76 Å². The minimum atomic E-state index is -0.427. The van der Waals surface area contributed by atoms with Crippen molar-refractivity contribution in [3.63, 3.8) is 0 Å². The van der Waals surface area contributed by atoms with Gasteiger partial charge in [-0.25, -0.2) is 9.78 Å². The van der Waals surface area contributed by atoms with Crippen LogP contribution in [0.1, 0.15) is 5.56 Å². The summed E-state index contributed by atoms with van der Waals surface area (Å²) in [6.07, 6.45) is 1.63. The van der Waals surface area contributed by atoms with Crippen LogP contribution in [0.5, 0.6) is 0 Å². The summed E-state index contributed by atoms with van der Waals surface area (Å²) in [5, 5.41) is 0.620. The zero-order valence-electron chi connectivity index (χ0n) is 9.34. The van der Waals surface area contributed by atoms with Gasteiger partial charge in [-0.05, 0) is 23.8 Å². The molecule has 0 N–H and O–H groups in total. The largest absolute Gasteiger partial charge is 0.421 e. The number of hydrogen-bond acceptors (Lipinski definition) is 3. The van der Waals surface area contributed by atoms with Crippen molar-refractivity contribution < 1.29 is 4.42 Å². The van der Waals surface area contributed by atoms with Gasteiger partial charge in [0.2, 0.25) is 0 Å². The molecule has 0 fully saturated rings. The maximum Gasteiger partial charge on any atom is 0.421 e. The molecule has 3 rings (SSSR count). The first-order valence-corrected chi connectivity index (χ1v) is 5.81. The molecule has 0 atom stereocenters. The molecule has 0 amide bonds. The highest BCUT2D eigenvalue weighted by molar-refractivity contribution is 6.31. The summed E-state index contributed by atoms with van der Waals surface area (Å²) < 4.78 is 6.58. The van der Waals surface area contributed by atoms with E-state index in [-0.39, 0.29) is 0 Å². The first kappa shape index (κ1) is 11.0. The molecule has 0 radical (unpaired) electrons. The second-order valence-corrected chi connectivity index (χ2v) is 4.28. The maximum atomic E-state index is 11.8. The number of hydrogen-bond donors (Lipinski definition) is 0. The minimum Gasteiger partial charge on any atom is -0.406 e. The van der Waals surface area contributed by atoms with Gasteiger partial charge in [0, 0.05) is 11.2 Å². The lowest BCUT2D eigenvalue weighted by Crippen LogP contribution is -2.15. The molecule has 0 aliphatic carbocycles. The van der Waals surface area contributed by atoms with Crippen molar-refractivity contribution in [3.05, 3.63) is 63.7 Å². The van der Waals surface area contributed by atoms with E-state index >= 15 is 0 Å². The molecule has 0 bridgehead atoms. The Hall–Kier alpha value is -2.07. The van der Waals surface area contributed by atoms with Crippen LogP contribution >= 0.6 is 11.6 Å². The molecule has 1 aromatic carbocycles. The van der Waals surface area contributed by atoms with Crippen LogP contribution in [0.3, 0.4) is 0 Å². The summed E-state index contributed by atoms with van der Waals surface area (Å²) in [7, 11) is 0. The molecule has 0 aliphatic rings. The molecule has 0 aliphatic heterocycles. The molecule has 90 valence electrons. The minimum absolute atomic E-state index is 0.350. The van der Waals surface area contributed by atoms with Crippen molar-refractivity contribution in [2.24, 2.45) is 0 Å². The second kappa shape index (κ2) is 4.31. The van der Waals surface area contributed by atoms with E-state index in [0.717, 1.165) is 5.56 Å². The van der Waals surface area contributed by atoms with Gasteiger partial charge < -0.3 is 4.42 Å². The molecule has 2 aromatic heterocycles. The molecule has 0 saturated carbocycles. The van der Waals surface area contributed by atoms with Crippen molar-refractivity contribution in [1.29, 1.82) is 0 Å². The monoisotopic (exact) mass is 260 g/mol. The SMILES string of the molecule is O=c1oc2cccnc2n1Cc1ccccc1Cl. The molecule has 4 nitrogen and oxygen atoms in total. The lowest BCUT2D eigenvalue weighted by atomic mass is 10.2. The van der Waals surface area contributed by atoms with Crippen LogP contribution in [-0.4, -0.2) is 9.55 Å². The smallest absolute Gasteiger partial charge is 0.406 e. The molecule has 0 spiro atoms. The number of aromatic nitrogens is 2. The van der Waals surface area contributed by atoms with Gasteiger partial charge in [0.05, 0.1) is 6.54 Å². The van der Waals surface area contributed by atoms with Crippen molar-refractivity contribution in [2.75, 3.05) is 0 Å². The average molecular weight is 261 g/mol. The summed E-state index contributed by atoms with van der Waals surface area (Å²) >= 11 is 6.08. The van der Waals surface area contributed by atoms with Crippen molar-refractivity contribution >= 4 is 22.8 Å². The number of oxazole rings is 1. The van der Waals surface area contributed by atoms with Gasteiger partial charge in [0.25, 0.3) is 0 Å². The summed E-state index contributed by atoms with van der Waals surface area (Å²) in [4.78, 5) is 15.9. The van der Waals surface area contributed by atoms with E-state index in [1.807, 2.05) is 18.2 Å². The van der Waals surface area contributed by atoms with Crippen LogP contribution in [0, 0.1) is 0 Å². The predicted molar refractivity (Wildman–Crippen MR) is 68.8 cm³/mol. The summed E-state index contributed by atoms with van der Waals surface area (Å²) in [5.41, 5.74) is 1.87. The Balaban J connectivity index is 2.13. The van der Waals surface area contributed by atoms with Gasteiger partial charge in [-0.2, -0.15) is 0 Å². The van der Waals surface area contributed by atoms with Crippen molar-refractivity contribution in [3.8, 4) is 0 Å². The Labute approximate surface area is 107 Å². The van der Waals surface area contributed by atoms with E-state index in [9.17, 15) is 4.79 Å². The molecule has 3 aromatic rings.